The van der Waals surface area contributed by atoms with Crippen molar-refractivity contribution >= 4 is 27.4 Å². The molecular formula is C19H17ClO7S. The quantitative estimate of drug-likeness (QED) is 0.761. The minimum atomic E-state index is -3.96. The van der Waals surface area contributed by atoms with E-state index in [1.165, 1.54) is 31.4 Å². The van der Waals surface area contributed by atoms with Gasteiger partial charge in [-0.05, 0) is 42.0 Å². The molecule has 148 valence electrons. The summed E-state index contributed by atoms with van der Waals surface area (Å²) in [5.74, 6) is -1.02. The molecule has 0 bridgehead atoms. The molecule has 28 heavy (non-hydrogen) atoms. The van der Waals surface area contributed by atoms with Crippen LogP contribution in [-0.2, 0) is 19.4 Å². The Labute approximate surface area is 166 Å². The maximum atomic E-state index is 13.3. The highest BCUT2D eigenvalue weighted by atomic mass is 35.5. The van der Waals surface area contributed by atoms with E-state index in [1.54, 1.807) is 18.2 Å². The van der Waals surface area contributed by atoms with Gasteiger partial charge >= 0.3 is 5.97 Å². The minimum absolute atomic E-state index is 0.0203. The molecule has 1 aliphatic carbocycles. The van der Waals surface area contributed by atoms with Gasteiger partial charge in [0, 0.05) is 18.1 Å². The van der Waals surface area contributed by atoms with Gasteiger partial charge in [0.05, 0.1) is 16.8 Å². The van der Waals surface area contributed by atoms with Gasteiger partial charge in [0.15, 0.2) is 21.3 Å². The summed E-state index contributed by atoms with van der Waals surface area (Å²) < 4.78 is 42.4. The topological polar surface area (TPSA) is 99.1 Å². The van der Waals surface area contributed by atoms with Crippen LogP contribution >= 0.6 is 11.6 Å². The number of halogens is 1. The molecule has 2 aromatic rings. The molecular weight excluding hydrogens is 408 g/mol. The summed E-state index contributed by atoms with van der Waals surface area (Å²) in [5, 5.41) is 9.17. The molecule has 0 aromatic heterocycles. The van der Waals surface area contributed by atoms with Gasteiger partial charge in [-0.2, -0.15) is 0 Å². The highest BCUT2D eigenvalue weighted by Gasteiger charge is 2.76. The van der Waals surface area contributed by atoms with Crippen molar-refractivity contribution in [3.05, 3.63) is 53.1 Å². The maximum absolute atomic E-state index is 13.3. The lowest BCUT2D eigenvalue weighted by atomic mass is 9.99. The third-order valence-corrected chi connectivity index (χ3v) is 7.81. The van der Waals surface area contributed by atoms with E-state index < -0.39 is 32.4 Å². The molecule has 1 N–H and O–H groups in total. The molecule has 9 heteroatoms. The van der Waals surface area contributed by atoms with Crippen LogP contribution in [0.1, 0.15) is 11.5 Å². The predicted molar refractivity (Wildman–Crippen MR) is 99.7 cm³/mol. The van der Waals surface area contributed by atoms with Gasteiger partial charge in [0.25, 0.3) is 0 Å². The number of rotatable bonds is 6. The highest BCUT2D eigenvalue weighted by molar-refractivity contribution is 7.92. The van der Waals surface area contributed by atoms with Crippen LogP contribution in [0, 0.1) is 5.41 Å². The molecule has 1 fully saturated rings. The predicted octanol–water partition coefficient (Wildman–Crippen LogP) is 2.73. The summed E-state index contributed by atoms with van der Waals surface area (Å²) in [7, 11) is -2.61. The van der Waals surface area contributed by atoms with Crippen molar-refractivity contribution in [3.8, 4) is 11.5 Å². The van der Waals surface area contributed by atoms with Crippen LogP contribution in [0.2, 0.25) is 5.02 Å². The standard InChI is InChI=1S/C19H17ClO7S/c1-25-9-19(18(21)22)16(11-2-7-14-15(8-11)27-10-26-14)17(19)28(23,24)13-5-3-12(20)4-6-13/h2-8,16-17H,9-10H2,1H3,(H,21,22)/t16-,17-,19+/m1/s1. The zero-order chi connectivity index (χ0) is 20.1. The fourth-order valence-electron chi connectivity index (χ4n) is 3.94. The first-order valence-corrected chi connectivity index (χ1v) is 10.4. The number of ether oxygens (including phenoxy) is 3. The maximum Gasteiger partial charge on any atom is 0.314 e. The first kappa shape index (κ1) is 19.0. The molecule has 4 rings (SSSR count). The van der Waals surface area contributed by atoms with Gasteiger partial charge in [-0.3, -0.25) is 4.79 Å². The second-order valence-corrected chi connectivity index (χ2v) is 9.29. The third-order valence-electron chi connectivity index (χ3n) is 5.27. The zero-order valence-electron chi connectivity index (χ0n) is 14.8. The smallest absolute Gasteiger partial charge is 0.314 e. The summed E-state index contributed by atoms with van der Waals surface area (Å²) in [5.41, 5.74) is -1.05. The second-order valence-electron chi connectivity index (χ2n) is 6.79. The second kappa shape index (κ2) is 6.65. The van der Waals surface area contributed by atoms with Gasteiger partial charge in [-0.25, -0.2) is 8.42 Å². The van der Waals surface area contributed by atoms with Crippen molar-refractivity contribution in [2.24, 2.45) is 5.41 Å². The lowest BCUT2D eigenvalue weighted by Crippen LogP contribution is -2.28. The molecule has 7 nitrogen and oxygen atoms in total. The Balaban J connectivity index is 1.81. The third kappa shape index (κ3) is 2.75. The van der Waals surface area contributed by atoms with Crippen LogP contribution in [0.25, 0.3) is 0 Å². The zero-order valence-corrected chi connectivity index (χ0v) is 16.4. The number of fused-ring (bicyclic) bond motifs is 1. The van der Waals surface area contributed by atoms with E-state index in [-0.39, 0.29) is 18.3 Å². The first-order chi connectivity index (χ1) is 13.3. The largest absolute Gasteiger partial charge is 0.481 e. The number of carboxylic acid groups (broad SMARTS) is 1. The van der Waals surface area contributed by atoms with E-state index in [4.69, 9.17) is 25.8 Å². The van der Waals surface area contributed by atoms with Gasteiger partial charge in [0.2, 0.25) is 6.79 Å². The van der Waals surface area contributed by atoms with E-state index in [9.17, 15) is 18.3 Å². The number of benzene rings is 2. The normalized spacial score (nSPS) is 25.5. The fourth-order valence-corrected chi connectivity index (χ4v) is 6.42. The molecule has 0 spiro atoms. The monoisotopic (exact) mass is 424 g/mol. The molecule has 0 amide bonds. The molecule has 2 aliphatic rings. The number of methoxy groups -OCH3 is 1. The summed E-state index contributed by atoms with van der Waals surface area (Å²) in [4.78, 5) is 12.2. The van der Waals surface area contributed by atoms with E-state index >= 15 is 0 Å². The van der Waals surface area contributed by atoms with Crippen LogP contribution in [0.15, 0.2) is 47.4 Å². The van der Waals surface area contributed by atoms with Crippen LogP contribution < -0.4 is 9.47 Å². The van der Waals surface area contributed by atoms with Gasteiger partial charge in [-0.15, -0.1) is 0 Å². The van der Waals surface area contributed by atoms with E-state index in [0.29, 0.717) is 22.1 Å². The Morgan fingerprint density at radius 1 is 1.21 bits per heavy atom. The van der Waals surface area contributed by atoms with Crippen molar-refractivity contribution in [3.63, 3.8) is 0 Å². The highest BCUT2D eigenvalue weighted by Crippen LogP contribution is 2.65. The number of carboxylic acids is 1. The number of carbonyl (C=O) groups is 1. The Morgan fingerprint density at radius 3 is 2.54 bits per heavy atom. The first-order valence-electron chi connectivity index (χ1n) is 8.43. The SMILES string of the molecule is COC[C@]1(C(=O)O)[C@H](c2ccc3c(c2)OCO3)[C@H]1S(=O)(=O)c1ccc(Cl)cc1. The van der Waals surface area contributed by atoms with E-state index in [0.717, 1.165) is 0 Å². The lowest BCUT2D eigenvalue weighted by Gasteiger charge is -2.12. The summed E-state index contributed by atoms with van der Waals surface area (Å²) in [6, 6.07) is 10.6. The number of hydrogen-bond donors (Lipinski definition) is 1. The van der Waals surface area contributed by atoms with Gasteiger partial charge < -0.3 is 19.3 Å². The number of aliphatic carboxylic acids is 1. The molecule has 3 atom stereocenters. The molecule has 0 saturated heterocycles. The van der Waals surface area contributed by atoms with E-state index in [1.807, 2.05) is 0 Å². The number of hydrogen-bond acceptors (Lipinski definition) is 6. The lowest BCUT2D eigenvalue weighted by molar-refractivity contribution is -0.145. The Hall–Kier alpha value is -2.29. The van der Waals surface area contributed by atoms with Crippen molar-refractivity contribution in [2.45, 2.75) is 16.1 Å². The molecule has 0 radical (unpaired) electrons. The fraction of sp³-hybridized carbons (Fsp3) is 0.316. The molecule has 0 unspecified atom stereocenters. The van der Waals surface area contributed by atoms with Gasteiger partial charge in [0.1, 0.15) is 5.41 Å². The Kier molecular flexibility index (Phi) is 4.52. The average molecular weight is 425 g/mol. The Morgan fingerprint density at radius 2 is 1.89 bits per heavy atom. The number of sulfone groups is 1. The Bertz CT molecular complexity index is 1030. The van der Waals surface area contributed by atoms with Crippen molar-refractivity contribution in [1.82, 2.24) is 0 Å². The summed E-state index contributed by atoms with van der Waals surface area (Å²) >= 11 is 5.86. The van der Waals surface area contributed by atoms with Crippen LogP contribution in [0.3, 0.4) is 0 Å². The molecule has 1 heterocycles. The minimum Gasteiger partial charge on any atom is -0.481 e. The average Bonchev–Trinajstić information content (AvgIpc) is 3.13. The van der Waals surface area contributed by atoms with Crippen molar-refractivity contribution < 1.29 is 32.5 Å². The molecule has 1 saturated carbocycles. The summed E-state index contributed by atoms with van der Waals surface area (Å²) in [6.45, 7) is -0.170. The molecule has 2 aromatic carbocycles. The van der Waals surface area contributed by atoms with Crippen LogP contribution in [0.5, 0.6) is 11.5 Å². The van der Waals surface area contributed by atoms with Gasteiger partial charge in [-0.1, -0.05) is 17.7 Å². The summed E-state index contributed by atoms with van der Waals surface area (Å²) in [6.07, 6.45) is 0. The van der Waals surface area contributed by atoms with Crippen molar-refractivity contribution in [1.29, 1.82) is 0 Å². The van der Waals surface area contributed by atoms with Crippen molar-refractivity contribution in [2.75, 3.05) is 20.5 Å². The van der Waals surface area contributed by atoms with Crippen LogP contribution in [0.4, 0.5) is 0 Å². The van der Waals surface area contributed by atoms with E-state index in [2.05, 4.69) is 0 Å². The van der Waals surface area contributed by atoms with Crippen LogP contribution in [-0.4, -0.2) is 45.3 Å². The molecule has 1 aliphatic heterocycles.